The van der Waals surface area contributed by atoms with Gasteiger partial charge in [0, 0.05) is 17.2 Å². The van der Waals surface area contributed by atoms with Crippen LogP contribution in [0.1, 0.15) is 71.1 Å². The first kappa shape index (κ1) is 36.4. The lowest BCUT2D eigenvalue weighted by Crippen LogP contribution is -2.56. The van der Waals surface area contributed by atoms with Gasteiger partial charge in [-0.1, -0.05) is 24.7 Å². The van der Waals surface area contributed by atoms with Gasteiger partial charge in [0.25, 0.3) is 5.56 Å². The molecule has 48 heavy (non-hydrogen) atoms. The second-order valence-electron chi connectivity index (χ2n) is 12.0. The summed E-state index contributed by atoms with van der Waals surface area (Å²) in [5, 5.41) is 11.9. The number of benzene rings is 1. The molecular formula is C32H42FN7O7S. The first-order valence-electron chi connectivity index (χ1n) is 15.6. The molecule has 2 amide bonds. The van der Waals surface area contributed by atoms with Gasteiger partial charge in [-0.15, -0.1) is 4.80 Å². The monoisotopic (exact) mass is 687 g/mol. The molecule has 0 radical (unpaired) electrons. The van der Waals surface area contributed by atoms with E-state index in [1.165, 1.54) is 60.9 Å². The number of halogens is 1. The fourth-order valence-corrected chi connectivity index (χ4v) is 6.32. The molecule has 2 N–H and O–H groups in total. The Bertz CT molecular complexity index is 1860. The summed E-state index contributed by atoms with van der Waals surface area (Å²) >= 11 is 1.11. The Hall–Kier alpha value is -4.41. The summed E-state index contributed by atoms with van der Waals surface area (Å²) in [6.45, 7) is 10.2. The van der Waals surface area contributed by atoms with Gasteiger partial charge < -0.3 is 14.8 Å². The molecule has 0 saturated carbocycles. The fraction of sp³-hybridized carbons (Fsp3) is 0.500. The second kappa shape index (κ2) is 15.7. The standard InChI is InChI=1S/C32H42FN7O7S/c1-8-9-15-47-37-25(41)12-16-46-24(22-17-21(33)10-11-23(22)45-7)18-38-29-26(20(4)28(48-29)40-34-13-14-35-40)27(42)39(31(38)44)32(5,6)30(43)36-19(2)3/h10-11,13-14,17,19,24H,8-9,12,15-16,18H2,1-7H3,(H,36,43)(H,37,41)/t24-/m0/s1. The number of carbonyl (C=O) groups is 2. The molecule has 0 aliphatic heterocycles. The number of aromatic nitrogens is 5. The maximum absolute atomic E-state index is 14.7. The summed E-state index contributed by atoms with van der Waals surface area (Å²) in [7, 11) is 1.42. The van der Waals surface area contributed by atoms with Gasteiger partial charge in [0.05, 0.1) is 51.1 Å². The first-order chi connectivity index (χ1) is 22.8. The van der Waals surface area contributed by atoms with Crippen molar-refractivity contribution in [3.05, 3.63) is 68.4 Å². The minimum Gasteiger partial charge on any atom is -0.496 e. The molecule has 0 saturated heterocycles. The predicted molar refractivity (Wildman–Crippen MR) is 178 cm³/mol. The molecule has 0 bridgehead atoms. The van der Waals surface area contributed by atoms with Crippen LogP contribution in [0, 0.1) is 12.7 Å². The Labute approximate surface area is 280 Å². The number of hydroxylamine groups is 1. The molecule has 0 fully saturated rings. The molecule has 3 aromatic heterocycles. The van der Waals surface area contributed by atoms with E-state index >= 15 is 0 Å². The van der Waals surface area contributed by atoms with Crippen LogP contribution in [-0.2, 0) is 31.2 Å². The molecule has 16 heteroatoms. The zero-order valence-corrected chi connectivity index (χ0v) is 29.0. The van der Waals surface area contributed by atoms with Crippen molar-refractivity contribution in [1.82, 2.24) is 34.9 Å². The minimum atomic E-state index is -1.62. The minimum absolute atomic E-state index is 0.0975. The predicted octanol–water partition coefficient (Wildman–Crippen LogP) is 3.52. The Morgan fingerprint density at radius 2 is 1.83 bits per heavy atom. The summed E-state index contributed by atoms with van der Waals surface area (Å²) in [5.74, 6) is -1.25. The number of thiophene rings is 1. The number of fused-ring (bicyclic) bond motifs is 1. The van der Waals surface area contributed by atoms with E-state index in [-0.39, 0.29) is 47.1 Å². The number of rotatable bonds is 16. The van der Waals surface area contributed by atoms with Crippen LogP contribution in [0.3, 0.4) is 0 Å². The number of ether oxygens (including phenoxy) is 2. The lowest BCUT2D eigenvalue weighted by molar-refractivity contribution is -0.135. The molecule has 0 aliphatic carbocycles. The van der Waals surface area contributed by atoms with Crippen LogP contribution in [0.2, 0.25) is 0 Å². The number of hydrogen-bond donors (Lipinski definition) is 2. The maximum atomic E-state index is 14.7. The van der Waals surface area contributed by atoms with Gasteiger partial charge in [0.1, 0.15) is 33.0 Å². The molecule has 0 spiro atoms. The number of hydrogen-bond acceptors (Lipinski definition) is 10. The van der Waals surface area contributed by atoms with Crippen LogP contribution < -0.4 is 26.8 Å². The van der Waals surface area contributed by atoms with Gasteiger partial charge in [-0.05, 0) is 59.2 Å². The molecule has 14 nitrogen and oxygen atoms in total. The number of aryl methyl sites for hydroxylation is 1. The van der Waals surface area contributed by atoms with Crippen molar-refractivity contribution in [2.45, 2.75) is 85.0 Å². The molecule has 1 atom stereocenters. The Balaban J connectivity index is 1.88. The number of carbonyl (C=O) groups excluding carboxylic acids is 2. The molecule has 1 aromatic carbocycles. The molecule has 4 rings (SSSR count). The molecule has 0 aliphatic rings. The molecule has 0 unspecified atom stereocenters. The third kappa shape index (κ3) is 7.82. The van der Waals surface area contributed by atoms with E-state index < -0.39 is 40.5 Å². The van der Waals surface area contributed by atoms with E-state index in [1.54, 1.807) is 20.8 Å². The van der Waals surface area contributed by atoms with Crippen molar-refractivity contribution in [1.29, 1.82) is 0 Å². The lowest BCUT2D eigenvalue weighted by Gasteiger charge is -2.28. The highest BCUT2D eigenvalue weighted by molar-refractivity contribution is 7.21. The van der Waals surface area contributed by atoms with Crippen molar-refractivity contribution in [3.63, 3.8) is 0 Å². The average Bonchev–Trinajstić information content (AvgIpc) is 3.68. The highest BCUT2D eigenvalue weighted by Crippen LogP contribution is 2.34. The van der Waals surface area contributed by atoms with Crippen molar-refractivity contribution in [2.75, 3.05) is 20.3 Å². The SMILES string of the molecule is CCCCONC(=O)CCO[C@@H](Cn1c(=O)n(C(C)(C)C(=O)NC(C)C)c(=O)c2c(C)c(-n3nccn3)sc21)c1cc(F)ccc1OC. The van der Waals surface area contributed by atoms with Crippen LogP contribution in [0.5, 0.6) is 5.75 Å². The second-order valence-corrected chi connectivity index (χ2v) is 13.0. The summed E-state index contributed by atoms with van der Waals surface area (Å²) in [5.41, 5.74) is 0.0788. The number of amides is 2. The van der Waals surface area contributed by atoms with Crippen LogP contribution in [-0.4, -0.2) is 62.3 Å². The topological polar surface area (TPSA) is 161 Å². The zero-order valence-electron chi connectivity index (χ0n) is 28.2. The summed E-state index contributed by atoms with van der Waals surface area (Å²) in [6, 6.07) is 3.64. The highest BCUT2D eigenvalue weighted by atomic mass is 32.1. The molecular weight excluding hydrogens is 645 g/mol. The zero-order chi connectivity index (χ0) is 35.2. The van der Waals surface area contributed by atoms with Gasteiger partial charge in [-0.25, -0.2) is 19.2 Å². The van der Waals surface area contributed by atoms with Gasteiger partial charge in [-0.2, -0.15) is 10.2 Å². The van der Waals surface area contributed by atoms with Crippen molar-refractivity contribution >= 4 is 33.4 Å². The van der Waals surface area contributed by atoms with Gasteiger partial charge in [0.2, 0.25) is 11.8 Å². The largest absolute Gasteiger partial charge is 0.496 e. The van der Waals surface area contributed by atoms with Gasteiger partial charge >= 0.3 is 5.69 Å². The van der Waals surface area contributed by atoms with Crippen molar-refractivity contribution in [2.24, 2.45) is 0 Å². The summed E-state index contributed by atoms with van der Waals surface area (Å²) in [4.78, 5) is 61.3. The number of methoxy groups -OCH3 is 1. The normalized spacial score (nSPS) is 12.4. The molecule has 3 heterocycles. The van der Waals surface area contributed by atoms with E-state index in [9.17, 15) is 23.6 Å². The third-order valence-electron chi connectivity index (χ3n) is 7.64. The van der Waals surface area contributed by atoms with Gasteiger partial charge in [0.15, 0.2) is 0 Å². The summed E-state index contributed by atoms with van der Waals surface area (Å²) in [6.07, 6.45) is 3.51. The van der Waals surface area contributed by atoms with Crippen molar-refractivity contribution < 1.29 is 28.3 Å². The Morgan fingerprint density at radius 1 is 1.12 bits per heavy atom. The number of nitrogens with zero attached hydrogens (tertiary/aromatic N) is 5. The quantitative estimate of drug-likeness (QED) is 0.133. The van der Waals surface area contributed by atoms with Crippen LogP contribution in [0.25, 0.3) is 15.2 Å². The Kier molecular flexibility index (Phi) is 11.9. The number of unbranched alkanes of at least 4 members (excludes halogenated alkanes) is 1. The third-order valence-corrected chi connectivity index (χ3v) is 8.92. The van der Waals surface area contributed by atoms with Crippen LogP contribution in [0.4, 0.5) is 4.39 Å². The van der Waals surface area contributed by atoms with Crippen molar-refractivity contribution in [3.8, 4) is 10.8 Å². The van der Waals surface area contributed by atoms with E-state index in [0.29, 0.717) is 17.2 Å². The maximum Gasteiger partial charge on any atom is 0.333 e. The molecule has 260 valence electrons. The lowest BCUT2D eigenvalue weighted by atomic mass is 10.0. The van der Waals surface area contributed by atoms with E-state index in [4.69, 9.17) is 14.3 Å². The summed E-state index contributed by atoms with van der Waals surface area (Å²) < 4.78 is 28.6. The highest BCUT2D eigenvalue weighted by Gasteiger charge is 2.36. The van der Waals surface area contributed by atoms with E-state index in [0.717, 1.165) is 28.7 Å². The first-order valence-corrected chi connectivity index (χ1v) is 16.5. The average molecular weight is 688 g/mol. The van der Waals surface area contributed by atoms with Crippen LogP contribution >= 0.6 is 11.3 Å². The van der Waals surface area contributed by atoms with Crippen LogP contribution in [0.15, 0.2) is 40.2 Å². The smallest absolute Gasteiger partial charge is 0.333 e. The number of nitrogens with one attached hydrogen (secondary N) is 2. The van der Waals surface area contributed by atoms with Gasteiger partial charge in [-0.3, -0.25) is 23.8 Å². The van der Waals surface area contributed by atoms with E-state index in [2.05, 4.69) is 21.0 Å². The van der Waals surface area contributed by atoms with E-state index in [1.807, 2.05) is 6.92 Å². The Morgan fingerprint density at radius 3 is 2.48 bits per heavy atom. The molecule has 4 aromatic rings. The fourth-order valence-electron chi connectivity index (χ4n) is 5.10.